The molecule has 1 aliphatic heterocycles. The van der Waals surface area contributed by atoms with Gasteiger partial charge in [0, 0.05) is 24.5 Å². The summed E-state index contributed by atoms with van der Waals surface area (Å²) in [6, 6.07) is -0.0431. The molecule has 1 atom stereocenters. The maximum Gasteiger partial charge on any atom is 0.410 e. The largest absolute Gasteiger partial charge is 0.444 e. The predicted octanol–water partition coefficient (Wildman–Crippen LogP) is 0.705. The average molecular weight is 242 g/mol. The summed E-state index contributed by atoms with van der Waals surface area (Å²) in [5, 5.41) is 9.41. The molecule has 0 aromatic carbocycles. The highest BCUT2D eigenvalue weighted by atomic mass is 16.6. The van der Waals surface area contributed by atoms with E-state index < -0.39 is 5.60 Å². The van der Waals surface area contributed by atoms with Crippen LogP contribution in [0.25, 0.3) is 0 Å². The summed E-state index contributed by atoms with van der Waals surface area (Å²) in [5.74, 6) is 0. The van der Waals surface area contributed by atoms with Crippen molar-refractivity contribution >= 4 is 6.09 Å². The fraction of sp³-hybridized carbons (Fsp3) is 0.917. The third-order valence-corrected chi connectivity index (χ3v) is 3.65. The summed E-state index contributed by atoms with van der Waals surface area (Å²) in [4.78, 5) is 13.6. The molecule has 1 saturated carbocycles. The van der Waals surface area contributed by atoms with Crippen LogP contribution in [0, 0.1) is 5.41 Å². The fourth-order valence-corrected chi connectivity index (χ4v) is 2.77. The van der Waals surface area contributed by atoms with Crippen molar-refractivity contribution in [1.29, 1.82) is 0 Å². The Hall–Kier alpha value is -0.810. The van der Waals surface area contributed by atoms with Gasteiger partial charge in [-0.25, -0.2) is 4.79 Å². The van der Waals surface area contributed by atoms with Gasteiger partial charge in [0.2, 0.25) is 0 Å². The summed E-state index contributed by atoms with van der Waals surface area (Å²) >= 11 is 0. The highest BCUT2D eigenvalue weighted by molar-refractivity contribution is 5.69. The molecule has 98 valence electrons. The number of ether oxygens (including phenoxy) is 1. The first-order chi connectivity index (χ1) is 7.72. The zero-order valence-corrected chi connectivity index (χ0v) is 10.8. The van der Waals surface area contributed by atoms with Crippen LogP contribution in [0.1, 0.15) is 33.6 Å². The molecule has 5 heteroatoms. The number of hydrogen-bond acceptors (Lipinski definition) is 4. The first-order valence-electron chi connectivity index (χ1n) is 6.13. The lowest BCUT2D eigenvalue weighted by Gasteiger charge is -2.44. The number of likely N-dealkylation sites (tertiary alicyclic amines) is 1. The second kappa shape index (κ2) is 3.85. The number of carbonyl (C=O) groups is 1. The lowest BCUT2D eigenvalue weighted by atomic mass is 9.64. The zero-order valence-electron chi connectivity index (χ0n) is 10.8. The molecule has 1 spiro atoms. The van der Waals surface area contributed by atoms with E-state index in [0.29, 0.717) is 25.9 Å². The highest BCUT2D eigenvalue weighted by Gasteiger charge is 2.54. The first kappa shape index (κ1) is 12.6. The van der Waals surface area contributed by atoms with Crippen molar-refractivity contribution in [2.24, 2.45) is 11.1 Å². The molecule has 1 unspecified atom stereocenters. The van der Waals surface area contributed by atoms with Gasteiger partial charge in [0.15, 0.2) is 0 Å². The van der Waals surface area contributed by atoms with Gasteiger partial charge < -0.3 is 20.5 Å². The van der Waals surface area contributed by atoms with Gasteiger partial charge in [-0.1, -0.05) is 0 Å². The molecule has 17 heavy (non-hydrogen) atoms. The minimum Gasteiger partial charge on any atom is -0.444 e. The zero-order chi connectivity index (χ0) is 12.8. The van der Waals surface area contributed by atoms with Crippen LogP contribution in [-0.2, 0) is 4.74 Å². The molecule has 0 aromatic rings. The van der Waals surface area contributed by atoms with E-state index in [0.717, 1.165) is 0 Å². The van der Waals surface area contributed by atoms with E-state index in [9.17, 15) is 9.90 Å². The molecular formula is C12H22N2O3. The molecule has 2 rings (SSSR count). The van der Waals surface area contributed by atoms with Crippen molar-refractivity contribution < 1.29 is 14.6 Å². The van der Waals surface area contributed by atoms with Crippen molar-refractivity contribution in [2.45, 2.75) is 51.4 Å². The quantitative estimate of drug-likeness (QED) is 0.656. The number of hydrogen-bond donors (Lipinski definition) is 2. The van der Waals surface area contributed by atoms with Crippen LogP contribution < -0.4 is 5.73 Å². The summed E-state index contributed by atoms with van der Waals surface area (Å²) in [6.45, 7) is 6.69. The Labute approximate surface area is 102 Å². The van der Waals surface area contributed by atoms with Gasteiger partial charge in [0.05, 0.1) is 6.10 Å². The molecule has 1 heterocycles. The SMILES string of the molecule is CC(C)(C)OC(=O)N1CC(N)C2(CC(O)C2)C1. The Balaban J connectivity index is 1.95. The predicted molar refractivity (Wildman–Crippen MR) is 63.5 cm³/mol. The van der Waals surface area contributed by atoms with E-state index in [1.54, 1.807) is 4.90 Å². The summed E-state index contributed by atoms with van der Waals surface area (Å²) in [5.41, 5.74) is 5.52. The van der Waals surface area contributed by atoms with Crippen molar-refractivity contribution in [2.75, 3.05) is 13.1 Å². The number of nitrogens with two attached hydrogens (primary N) is 1. The Morgan fingerprint density at radius 1 is 1.47 bits per heavy atom. The number of aliphatic hydroxyl groups is 1. The lowest BCUT2D eigenvalue weighted by molar-refractivity contribution is -0.0351. The average Bonchev–Trinajstić information content (AvgIpc) is 2.41. The molecule has 2 fully saturated rings. The van der Waals surface area contributed by atoms with Crippen LogP contribution in [0.15, 0.2) is 0 Å². The normalized spacial score (nSPS) is 37.1. The number of rotatable bonds is 0. The molecule has 1 saturated heterocycles. The van der Waals surface area contributed by atoms with Gasteiger partial charge in [-0.05, 0) is 33.6 Å². The summed E-state index contributed by atoms with van der Waals surface area (Å²) in [6.07, 6.45) is 0.854. The molecular weight excluding hydrogens is 220 g/mol. The minimum atomic E-state index is -0.476. The van der Waals surface area contributed by atoms with Crippen molar-refractivity contribution in [3.05, 3.63) is 0 Å². The van der Waals surface area contributed by atoms with Gasteiger partial charge in [-0.15, -0.1) is 0 Å². The lowest BCUT2D eigenvalue weighted by Crippen LogP contribution is -2.52. The van der Waals surface area contributed by atoms with Crippen molar-refractivity contribution in [3.8, 4) is 0 Å². The van der Waals surface area contributed by atoms with Gasteiger partial charge >= 0.3 is 6.09 Å². The van der Waals surface area contributed by atoms with Gasteiger partial charge in [0.25, 0.3) is 0 Å². The van der Waals surface area contributed by atoms with E-state index in [-0.39, 0.29) is 23.7 Å². The minimum absolute atomic E-state index is 0.0431. The van der Waals surface area contributed by atoms with Gasteiger partial charge in [-0.3, -0.25) is 0 Å². The van der Waals surface area contributed by atoms with E-state index in [1.807, 2.05) is 20.8 Å². The molecule has 5 nitrogen and oxygen atoms in total. The Morgan fingerprint density at radius 3 is 2.53 bits per heavy atom. The Bertz CT molecular complexity index is 318. The molecule has 0 radical (unpaired) electrons. The molecule has 0 aromatic heterocycles. The standard InChI is InChI=1S/C12H22N2O3/c1-11(2,3)17-10(16)14-6-9(13)12(7-14)4-8(15)5-12/h8-9,15H,4-7,13H2,1-3H3. The summed E-state index contributed by atoms with van der Waals surface area (Å²) < 4.78 is 5.33. The molecule has 2 aliphatic rings. The van der Waals surface area contributed by atoms with E-state index in [4.69, 9.17) is 10.5 Å². The number of carbonyl (C=O) groups excluding carboxylic acids is 1. The van der Waals surface area contributed by atoms with Crippen LogP contribution in [-0.4, -0.2) is 46.9 Å². The highest BCUT2D eigenvalue weighted by Crippen LogP contribution is 2.47. The van der Waals surface area contributed by atoms with Gasteiger partial charge in [-0.2, -0.15) is 0 Å². The maximum absolute atomic E-state index is 11.9. The molecule has 1 aliphatic carbocycles. The molecule has 0 bridgehead atoms. The first-order valence-corrected chi connectivity index (χ1v) is 6.13. The van der Waals surface area contributed by atoms with E-state index >= 15 is 0 Å². The van der Waals surface area contributed by atoms with Gasteiger partial charge in [0.1, 0.15) is 5.60 Å². The monoisotopic (exact) mass is 242 g/mol. The van der Waals surface area contributed by atoms with Crippen LogP contribution in [0.5, 0.6) is 0 Å². The number of nitrogens with zero attached hydrogens (tertiary/aromatic N) is 1. The third-order valence-electron chi connectivity index (χ3n) is 3.65. The topological polar surface area (TPSA) is 75.8 Å². The summed E-state index contributed by atoms with van der Waals surface area (Å²) in [7, 11) is 0. The van der Waals surface area contributed by atoms with Crippen LogP contribution in [0.3, 0.4) is 0 Å². The fourth-order valence-electron chi connectivity index (χ4n) is 2.77. The van der Waals surface area contributed by atoms with Crippen LogP contribution in [0.4, 0.5) is 4.79 Å². The smallest absolute Gasteiger partial charge is 0.410 e. The third kappa shape index (κ3) is 2.40. The second-order valence-electron chi connectivity index (χ2n) is 6.39. The van der Waals surface area contributed by atoms with Crippen molar-refractivity contribution in [1.82, 2.24) is 4.90 Å². The van der Waals surface area contributed by atoms with E-state index in [1.165, 1.54) is 0 Å². The Kier molecular flexibility index (Phi) is 2.86. The van der Waals surface area contributed by atoms with Crippen LogP contribution in [0.2, 0.25) is 0 Å². The second-order valence-corrected chi connectivity index (χ2v) is 6.39. The maximum atomic E-state index is 11.9. The molecule has 1 amide bonds. The number of aliphatic hydroxyl groups excluding tert-OH is 1. The van der Waals surface area contributed by atoms with E-state index in [2.05, 4.69) is 0 Å². The Morgan fingerprint density at radius 2 is 2.06 bits per heavy atom. The van der Waals surface area contributed by atoms with Crippen LogP contribution >= 0.6 is 0 Å². The number of amides is 1. The van der Waals surface area contributed by atoms with Crippen molar-refractivity contribution in [3.63, 3.8) is 0 Å². The molecule has 3 N–H and O–H groups in total.